The van der Waals surface area contributed by atoms with Gasteiger partial charge in [-0.15, -0.1) is 0 Å². The van der Waals surface area contributed by atoms with Gasteiger partial charge in [0, 0.05) is 6.54 Å². The zero-order valence-electron chi connectivity index (χ0n) is 18.7. The van der Waals surface area contributed by atoms with E-state index in [2.05, 4.69) is 15.6 Å². The highest BCUT2D eigenvalue weighted by Gasteiger charge is 2.16. The van der Waals surface area contributed by atoms with Crippen LogP contribution in [0.25, 0.3) is 0 Å². The minimum atomic E-state index is -0.257. The number of imidazole rings is 1. The number of amides is 2. The van der Waals surface area contributed by atoms with Crippen LogP contribution in [0.15, 0.2) is 59.9 Å². The summed E-state index contributed by atoms with van der Waals surface area (Å²) in [5.74, 6) is 0.261. The molecule has 1 aromatic heterocycles. The fraction of sp³-hybridized carbons (Fsp3) is 0.292. The van der Waals surface area contributed by atoms with Crippen molar-refractivity contribution in [1.82, 2.24) is 14.9 Å². The summed E-state index contributed by atoms with van der Waals surface area (Å²) in [7, 11) is 0. The Balaban J connectivity index is 1.58. The summed E-state index contributed by atoms with van der Waals surface area (Å²) in [4.78, 5) is 29.3. The summed E-state index contributed by atoms with van der Waals surface area (Å²) in [6.45, 7) is 4.53. The Hall–Kier alpha value is -3.30. The van der Waals surface area contributed by atoms with E-state index in [1.807, 2.05) is 50.2 Å². The van der Waals surface area contributed by atoms with Gasteiger partial charge in [-0.05, 0) is 31.5 Å². The van der Waals surface area contributed by atoms with E-state index in [-0.39, 0.29) is 30.7 Å². The number of aliphatic hydroxyl groups is 1. The van der Waals surface area contributed by atoms with Crippen molar-refractivity contribution in [3.63, 3.8) is 0 Å². The van der Waals surface area contributed by atoms with Crippen molar-refractivity contribution in [3.05, 3.63) is 71.5 Å². The Labute approximate surface area is 197 Å². The normalized spacial score (nSPS) is 10.6. The molecule has 2 amide bonds. The van der Waals surface area contributed by atoms with Crippen LogP contribution >= 0.6 is 11.8 Å². The molecule has 0 saturated heterocycles. The van der Waals surface area contributed by atoms with Crippen LogP contribution in [0.1, 0.15) is 23.7 Å². The topological polar surface area (TPSA) is 105 Å². The SMILES string of the molecule is CCOc1ccccc1NC(=O)CSc1ncc(CO)n1CC(=O)NCc1ccc(C)cc1. The average Bonchev–Trinajstić information content (AvgIpc) is 3.20. The Bertz CT molecular complexity index is 1080. The van der Waals surface area contributed by atoms with Crippen LogP contribution in [-0.4, -0.2) is 38.8 Å². The maximum atomic E-state index is 12.5. The lowest BCUT2D eigenvalue weighted by atomic mass is 10.1. The number of hydrogen-bond donors (Lipinski definition) is 3. The third-order valence-corrected chi connectivity index (χ3v) is 5.76. The number of aliphatic hydroxyl groups excluding tert-OH is 1. The van der Waals surface area contributed by atoms with Crippen molar-refractivity contribution >= 4 is 29.3 Å². The molecule has 0 radical (unpaired) electrons. The first-order valence-corrected chi connectivity index (χ1v) is 11.6. The second-order valence-corrected chi connectivity index (χ2v) is 8.25. The van der Waals surface area contributed by atoms with Gasteiger partial charge in [0.15, 0.2) is 5.16 Å². The van der Waals surface area contributed by atoms with Gasteiger partial charge < -0.3 is 25.0 Å². The maximum absolute atomic E-state index is 12.5. The number of anilines is 1. The van der Waals surface area contributed by atoms with Crippen LogP contribution in [0.4, 0.5) is 5.69 Å². The molecule has 0 aliphatic heterocycles. The molecule has 9 heteroatoms. The number of hydrogen-bond acceptors (Lipinski definition) is 6. The lowest BCUT2D eigenvalue weighted by Gasteiger charge is -2.12. The summed E-state index contributed by atoms with van der Waals surface area (Å²) in [6.07, 6.45) is 1.51. The molecule has 3 N–H and O–H groups in total. The molecule has 3 aromatic rings. The number of carbonyl (C=O) groups excluding carboxylic acids is 2. The van der Waals surface area contributed by atoms with E-state index in [1.165, 1.54) is 18.0 Å². The standard InChI is InChI=1S/C24H28N4O4S/c1-3-32-21-7-5-4-6-20(21)27-23(31)16-33-24-26-13-19(15-29)28(24)14-22(30)25-12-18-10-8-17(2)9-11-18/h4-11,13,29H,3,12,14-16H2,1-2H3,(H,25,30)(H,27,31). The lowest BCUT2D eigenvalue weighted by molar-refractivity contribution is -0.122. The highest BCUT2D eigenvalue weighted by molar-refractivity contribution is 7.99. The summed E-state index contributed by atoms with van der Waals surface area (Å²) in [5, 5.41) is 15.8. The van der Waals surface area contributed by atoms with Crippen LogP contribution < -0.4 is 15.4 Å². The molecule has 0 saturated carbocycles. The van der Waals surface area contributed by atoms with Gasteiger partial charge in [-0.1, -0.05) is 53.7 Å². The third-order valence-electron chi connectivity index (χ3n) is 4.77. The average molecular weight is 469 g/mol. The predicted molar refractivity (Wildman–Crippen MR) is 128 cm³/mol. The number of benzene rings is 2. The summed E-state index contributed by atoms with van der Waals surface area (Å²) >= 11 is 1.20. The Morgan fingerprint density at radius 1 is 1.12 bits per heavy atom. The van der Waals surface area contributed by atoms with Crippen molar-refractivity contribution in [3.8, 4) is 5.75 Å². The molecule has 0 atom stereocenters. The molecule has 8 nitrogen and oxygen atoms in total. The highest BCUT2D eigenvalue weighted by Crippen LogP contribution is 2.25. The Morgan fingerprint density at radius 2 is 1.88 bits per heavy atom. The molecular weight excluding hydrogens is 440 g/mol. The second kappa shape index (κ2) is 12.1. The Kier molecular flexibility index (Phi) is 8.91. The minimum absolute atomic E-state index is 0.00111. The smallest absolute Gasteiger partial charge is 0.240 e. The molecule has 0 spiro atoms. The van der Waals surface area contributed by atoms with Crippen molar-refractivity contribution in [2.24, 2.45) is 0 Å². The zero-order chi connectivity index (χ0) is 23.6. The van der Waals surface area contributed by atoms with Gasteiger partial charge in [0.25, 0.3) is 0 Å². The first-order chi connectivity index (χ1) is 16.0. The van der Waals surface area contributed by atoms with E-state index in [0.29, 0.717) is 35.4 Å². The summed E-state index contributed by atoms with van der Waals surface area (Å²) < 4.78 is 7.15. The first kappa shape index (κ1) is 24.3. The van der Waals surface area contributed by atoms with Crippen LogP contribution in [0, 0.1) is 6.92 Å². The zero-order valence-corrected chi connectivity index (χ0v) is 19.5. The lowest BCUT2D eigenvalue weighted by Crippen LogP contribution is -2.28. The number of nitrogens with zero attached hydrogens (tertiary/aromatic N) is 2. The van der Waals surface area contributed by atoms with Gasteiger partial charge in [0.1, 0.15) is 12.3 Å². The molecule has 2 aromatic carbocycles. The van der Waals surface area contributed by atoms with E-state index < -0.39 is 0 Å². The van der Waals surface area contributed by atoms with E-state index >= 15 is 0 Å². The van der Waals surface area contributed by atoms with Gasteiger partial charge in [-0.25, -0.2) is 4.98 Å². The molecule has 0 bridgehead atoms. The number of aryl methyl sites for hydroxylation is 1. The van der Waals surface area contributed by atoms with Crippen molar-refractivity contribution < 1.29 is 19.4 Å². The van der Waals surface area contributed by atoms with E-state index in [9.17, 15) is 14.7 Å². The van der Waals surface area contributed by atoms with Gasteiger partial charge in [-0.2, -0.15) is 0 Å². The number of ether oxygens (including phenoxy) is 1. The first-order valence-electron chi connectivity index (χ1n) is 10.6. The number of carbonyl (C=O) groups is 2. The van der Waals surface area contributed by atoms with Crippen LogP contribution in [-0.2, 0) is 29.3 Å². The van der Waals surface area contributed by atoms with Crippen molar-refractivity contribution in [2.45, 2.75) is 38.7 Å². The van der Waals surface area contributed by atoms with Crippen LogP contribution in [0.2, 0.25) is 0 Å². The Morgan fingerprint density at radius 3 is 2.61 bits per heavy atom. The third kappa shape index (κ3) is 7.10. The molecule has 0 unspecified atom stereocenters. The molecule has 33 heavy (non-hydrogen) atoms. The number of nitrogens with one attached hydrogen (secondary N) is 2. The molecule has 0 aliphatic carbocycles. The number of thioether (sulfide) groups is 1. The van der Waals surface area contributed by atoms with E-state index in [4.69, 9.17) is 4.74 Å². The number of aromatic nitrogens is 2. The summed E-state index contributed by atoms with van der Waals surface area (Å²) in [5.41, 5.74) is 3.26. The number of rotatable bonds is 11. The number of para-hydroxylation sites is 2. The quantitative estimate of drug-likeness (QED) is 0.374. The molecule has 174 valence electrons. The minimum Gasteiger partial charge on any atom is -0.492 e. The second-order valence-electron chi connectivity index (χ2n) is 7.30. The van der Waals surface area contributed by atoms with E-state index in [1.54, 1.807) is 16.7 Å². The van der Waals surface area contributed by atoms with Gasteiger partial charge in [-0.3, -0.25) is 9.59 Å². The molecule has 0 fully saturated rings. The van der Waals surface area contributed by atoms with Gasteiger partial charge in [0.2, 0.25) is 11.8 Å². The largest absolute Gasteiger partial charge is 0.492 e. The molecule has 1 heterocycles. The molecular formula is C24H28N4O4S. The molecule has 0 aliphatic rings. The van der Waals surface area contributed by atoms with Gasteiger partial charge in [0.05, 0.1) is 36.5 Å². The van der Waals surface area contributed by atoms with Crippen molar-refractivity contribution in [2.75, 3.05) is 17.7 Å². The van der Waals surface area contributed by atoms with Gasteiger partial charge >= 0.3 is 0 Å². The molecule has 3 rings (SSSR count). The fourth-order valence-electron chi connectivity index (χ4n) is 3.08. The maximum Gasteiger partial charge on any atom is 0.240 e. The predicted octanol–water partition coefficient (Wildman–Crippen LogP) is 3.13. The van der Waals surface area contributed by atoms with Crippen molar-refractivity contribution in [1.29, 1.82) is 0 Å². The van der Waals surface area contributed by atoms with Crippen LogP contribution in [0.5, 0.6) is 5.75 Å². The summed E-state index contributed by atoms with van der Waals surface area (Å²) in [6, 6.07) is 15.2. The van der Waals surface area contributed by atoms with Crippen LogP contribution in [0.3, 0.4) is 0 Å². The van der Waals surface area contributed by atoms with E-state index in [0.717, 1.165) is 11.1 Å². The fourth-order valence-corrected chi connectivity index (χ4v) is 3.87. The monoisotopic (exact) mass is 468 g/mol. The highest BCUT2D eigenvalue weighted by atomic mass is 32.2.